The summed E-state index contributed by atoms with van der Waals surface area (Å²) in [5.41, 5.74) is 3.03. The van der Waals surface area contributed by atoms with Gasteiger partial charge in [-0.15, -0.1) is 11.3 Å². The van der Waals surface area contributed by atoms with E-state index in [1.165, 1.54) is 0 Å². The lowest BCUT2D eigenvalue weighted by Crippen LogP contribution is -2.48. The summed E-state index contributed by atoms with van der Waals surface area (Å²) in [5, 5.41) is 7.16. The lowest BCUT2D eigenvalue weighted by molar-refractivity contribution is -0.133. The maximum Gasteiger partial charge on any atom is 0.227 e. The third kappa shape index (κ3) is 5.32. The van der Waals surface area contributed by atoms with Crippen molar-refractivity contribution < 1.29 is 9.32 Å². The van der Waals surface area contributed by atoms with E-state index in [0.717, 1.165) is 54.6 Å². The summed E-state index contributed by atoms with van der Waals surface area (Å²) >= 11 is 1.68. The zero-order valence-electron chi connectivity index (χ0n) is 18.1. The molecule has 9 heteroatoms. The quantitative estimate of drug-likeness (QED) is 0.417. The van der Waals surface area contributed by atoms with Crippen molar-refractivity contribution >= 4 is 17.2 Å². The Hall–Kier alpha value is -3.43. The van der Waals surface area contributed by atoms with Gasteiger partial charge in [-0.1, -0.05) is 35.5 Å². The molecule has 0 unspecified atom stereocenters. The minimum atomic E-state index is 0.121. The average molecular weight is 461 g/mol. The molecule has 8 nitrogen and oxygen atoms in total. The summed E-state index contributed by atoms with van der Waals surface area (Å²) in [7, 11) is 0. The highest BCUT2D eigenvalue weighted by Gasteiger charge is 2.22. The number of hydrogen-bond donors (Lipinski definition) is 0. The Bertz CT molecular complexity index is 1190. The van der Waals surface area contributed by atoms with E-state index in [9.17, 15) is 4.79 Å². The fourth-order valence-electron chi connectivity index (χ4n) is 3.82. The first-order valence-electron chi connectivity index (χ1n) is 11.0. The Balaban J connectivity index is 1.08. The molecule has 5 rings (SSSR count). The largest absolute Gasteiger partial charge is 0.340 e. The van der Waals surface area contributed by atoms with E-state index in [4.69, 9.17) is 9.51 Å². The predicted molar refractivity (Wildman–Crippen MR) is 125 cm³/mol. The van der Waals surface area contributed by atoms with Gasteiger partial charge in [-0.25, -0.2) is 4.98 Å². The van der Waals surface area contributed by atoms with Crippen LogP contribution in [0.5, 0.6) is 0 Å². The molecule has 0 saturated carbocycles. The van der Waals surface area contributed by atoms with Gasteiger partial charge in [0, 0.05) is 74.5 Å². The molecule has 1 fully saturated rings. The summed E-state index contributed by atoms with van der Waals surface area (Å²) in [6, 6.07) is 13.9. The first kappa shape index (κ1) is 21.4. The molecule has 0 atom stereocenters. The molecule has 1 amide bonds. The predicted octanol–water partition coefficient (Wildman–Crippen LogP) is 3.53. The normalized spacial score (nSPS) is 14.5. The molecule has 0 radical (unpaired) electrons. The zero-order chi connectivity index (χ0) is 22.5. The molecule has 0 N–H and O–H groups in total. The third-order valence-corrected chi connectivity index (χ3v) is 6.56. The number of amides is 1. The van der Waals surface area contributed by atoms with Gasteiger partial charge in [0.05, 0.1) is 5.69 Å². The van der Waals surface area contributed by atoms with Crippen LogP contribution < -0.4 is 0 Å². The van der Waals surface area contributed by atoms with Gasteiger partial charge in [0.15, 0.2) is 0 Å². The first-order valence-corrected chi connectivity index (χ1v) is 11.9. The topological polar surface area (TPSA) is 88.2 Å². The van der Waals surface area contributed by atoms with Crippen LogP contribution in [0.2, 0.25) is 0 Å². The van der Waals surface area contributed by atoms with Crippen molar-refractivity contribution in [2.75, 3.05) is 26.2 Å². The smallest absolute Gasteiger partial charge is 0.227 e. The van der Waals surface area contributed by atoms with Crippen molar-refractivity contribution in [1.29, 1.82) is 0 Å². The van der Waals surface area contributed by atoms with Crippen LogP contribution in [0, 0.1) is 0 Å². The van der Waals surface area contributed by atoms with Crippen LogP contribution in [0.25, 0.3) is 22.0 Å². The highest BCUT2D eigenvalue weighted by molar-refractivity contribution is 7.13. The molecule has 168 valence electrons. The lowest BCUT2D eigenvalue weighted by Gasteiger charge is -2.34. The molecular weight excluding hydrogens is 436 g/mol. The molecule has 3 aromatic heterocycles. The molecule has 1 aromatic carbocycles. The Kier molecular flexibility index (Phi) is 6.50. The van der Waals surface area contributed by atoms with E-state index in [1.807, 2.05) is 35.2 Å². The number of carbonyl (C=O) groups excluding carboxylic acids is 1. The fraction of sp³-hybridized carbons (Fsp3) is 0.292. The second-order valence-electron chi connectivity index (χ2n) is 7.92. The monoisotopic (exact) mass is 460 g/mol. The van der Waals surface area contributed by atoms with E-state index in [-0.39, 0.29) is 5.91 Å². The van der Waals surface area contributed by atoms with Gasteiger partial charge in [0.25, 0.3) is 0 Å². The van der Waals surface area contributed by atoms with E-state index < -0.39 is 0 Å². The van der Waals surface area contributed by atoms with Crippen LogP contribution in [-0.2, 0) is 17.8 Å². The number of hydrogen-bond acceptors (Lipinski definition) is 8. The summed E-state index contributed by atoms with van der Waals surface area (Å²) < 4.78 is 5.30. The van der Waals surface area contributed by atoms with Crippen LogP contribution >= 0.6 is 11.3 Å². The molecule has 4 aromatic rings. The number of carbonyl (C=O) groups is 1. The van der Waals surface area contributed by atoms with Gasteiger partial charge in [-0.2, -0.15) is 4.98 Å². The summed E-state index contributed by atoms with van der Waals surface area (Å²) in [5.74, 6) is 1.09. The van der Waals surface area contributed by atoms with Crippen molar-refractivity contribution in [3.05, 3.63) is 71.8 Å². The Morgan fingerprint density at radius 1 is 1.00 bits per heavy atom. The minimum Gasteiger partial charge on any atom is -0.340 e. The molecular formula is C24H24N6O2S. The van der Waals surface area contributed by atoms with Crippen LogP contribution in [-0.4, -0.2) is 62.0 Å². The van der Waals surface area contributed by atoms with Crippen molar-refractivity contribution in [1.82, 2.24) is 29.9 Å². The number of rotatable bonds is 7. The van der Waals surface area contributed by atoms with Crippen LogP contribution in [0.4, 0.5) is 0 Å². The zero-order valence-corrected chi connectivity index (χ0v) is 18.9. The number of thiazole rings is 1. The maximum atomic E-state index is 12.7. The molecule has 1 aliphatic rings. The summed E-state index contributed by atoms with van der Waals surface area (Å²) in [4.78, 5) is 30.2. The molecule has 0 bridgehead atoms. The van der Waals surface area contributed by atoms with E-state index in [2.05, 4.69) is 37.5 Å². The number of aromatic nitrogens is 4. The first-order chi connectivity index (χ1) is 16.2. The van der Waals surface area contributed by atoms with Gasteiger partial charge < -0.3 is 9.42 Å². The third-order valence-electron chi connectivity index (χ3n) is 5.62. The second-order valence-corrected chi connectivity index (χ2v) is 8.78. The fourth-order valence-corrected chi connectivity index (χ4v) is 4.64. The molecule has 33 heavy (non-hydrogen) atoms. The summed E-state index contributed by atoms with van der Waals surface area (Å²) in [6.45, 7) is 3.94. The minimum absolute atomic E-state index is 0.121. The van der Waals surface area contributed by atoms with Gasteiger partial charge in [0.1, 0.15) is 5.01 Å². The summed E-state index contributed by atoms with van der Waals surface area (Å²) in [6.07, 6.45) is 4.18. The van der Waals surface area contributed by atoms with Gasteiger partial charge in [-0.3, -0.25) is 14.7 Å². The van der Waals surface area contributed by atoms with Crippen LogP contribution in [0.15, 0.2) is 64.8 Å². The van der Waals surface area contributed by atoms with Gasteiger partial charge in [0.2, 0.25) is 17.6 Å². The number of piperazine rings is 1. The van der Waals surface area contributed by atoms with E-state index in [1.54, 1.807) is 23.7 Å². The van der Waals surface area contributed by atoms with Crippen LogP contribution in [0.3, 0.4) is 0 Å². The average Bonchev–Trinajstić information content (AvgIpc) is 3.54. The maximum absolute atomic E-state index is 12.7. The SMILES string of the molecule is O=C(CCc1nc(-c2cccnc2)no1)N1CCN(Cc2csc(-c3ccccc3)n2)CC1. The number of nitrogens with zero attached hydrogens (tertiary/aromatic N) is 6. The van der Waals surface area contributed by atoms with Crippen molar-refractivity contribution in [3.63, 3.8) is 0 Å². The Labute approximate surface area is 195 Å². The lowest BCUT2D eigenvalue weighted by atomic mass is 10.2. The molecule has 1 aliphatic heterocycles. The van der Waals surface area contributed by atoms with Crippen LogP contribution in [0.1, 0.15) is 18.0 Å². The number of pyridine rings is 1. The standard InChI is InChI=1S/C24H24N6O2S/c31-22(9-8-21-27-23(28-32-21)19-7-4-10-25-15-19)30-13-11-29(12-14-30)16-20-17-33-24(26-20)18-5-2-1-3-6-18/h1-7,10,15,17H,8-9,11-14,16H2. The Morgan fingerprint density at radius 3 is 2.61 bits per heavy atom. The highest BCUT2D eigenvalue weighted by atomic mass is 32.1. The van der Waals surface area contributed by atoms with E-state index >= 15 is 0 Å². The molecule has 0 spiro atoms. The van der Waals surface area contributed by atoms with Gasteiger partial charge >= 0.3 is 0 Å². The van der Waals surface area contributed by atoms with Crippen molar-refractivity contribution in [2.45, 2.75) is 19.4 Å². The Morgan fingerprint density at radius 2 is 1.82 bits per heavy atom. The second kappa shape index (κ2) is 10.0. The molecule has 0 aliphatic carbocycles. The molecule has 1 saturated heterocycles. The highest BCUT2D eigenvalue weighted by Crippen LogP contribution is 2.24. The van der Waals surface area contributed by atoms with Crippen molar-refractivity contribution in [3.8, 4) is 22.0 Å². The molecule has 4 heterocycles. The van der Waals surface area contributed by atoms with E-state index in [0.29, 0.717) is 24.6 Å². The number of benzene rings is 1. The van der Waals surface area contributed by atoms with Crippen molar-refractivity contribution in [2.24, 2.45) is 0 Å². The van der Waals surface area contributed by atoms with Gasteiger partial charge in [-0.05, 0) is 12.1 Å². The number of aryl methyl sites for hydroxylation is 1.